The van der Waals surface area contributed by atoms with Crippen molar-refractivity contribution >= 4 is 11.8 Å². The summed E-state index contributed by atoms with van der Waals surface area (Å²) in [6.07, 6.45) is 21.3. The minimum absolute atomic E-state index is 0.184. The van der Waals surface area contributed by atoms with Gasteiger partial charge in [-0.1, -0.05) is 96.8 Å². The summed E-state index contributed by atoms with van der Waals surface area (Å²) >= 11 is 1.67. The highest BCUT2D eigenvalue weighted by Crippen LogP contribution is 2.15. The highest BCUT2D eigenvalue weighted by molar-refractivity contribution is 7.99. The van der Waals surface area contributed by atoms with Crippen molar-refractivity contribution in [2.75, 3.05) is 5.75 Å². The normalized spacial score (nSPS) is 12.7. The van der Waals surface area contributed by atoms with Gasteiger partial charge >= 0.3 is 0 Å². The lowest BCUT2D eigenvalue weighted by atomic mass is 10.0. The van der Waals surface area contributed by atoms with Crippen LogP contribution in [0.4, 0.5) is 0 Å². The van der Waals surface area contributed by atoms with Gasteiger partial charge < -0.3 is 5.11 Å². The summed E-state index contributed by atoms with van der Waals surface area (Å²) in [7, 11) is 0. The molecule has 0 aromatic carbocycles. The molecular weight excluding hydrogens is 276 g/mol. The van der Waals surface area contributed by atoms with E-state index >= 15 is 0 Å². The summed E-state index contributed by atoms with van der Waals surface area (Å²) in [5.74, 6) is 1.12. The largest absolute Gasteiger partial charge is 0.383 e. The fraction of sp³-hybridized carbons (Fsp3) is 1.00. The van der Waals surface area contributed by atoms with Gasteiger partial charge in [0.25, 0.3) is 0 Å². The van der Waals surface area contributed by atoms with E-state index in [4.69, 9.17) is 5.11 Å². The number of hydrogen-bond donors (Lipinski definition) is 1. The lowest BCUT2D eigenvalue weighted by molar-refractivity contribution is 0.284. The zero-order chi connectivity index (χ0) is 15.6. The Bertz CT molecular complexity index is 182. The van der Waals surface area contributed by atoms with E-state index in [1.807, 2.05) is 6.92 Å². The number of aliphatic hydroxyl groups is 1. The van der Waals surface area contributed by atoms with Crippen LogP contribution in [0.5, 0.6) is 0 Å². The Labute approximate surface area is 138 Å². The van der Waals surface area contributed by atoms with Gasteiger partial charge in [0.05, 0.1) is 5.44 Å². The van der Waals surface area contributed by atoms with Gasteiger partial charge in [-0.2, -0.15) is 0 Å². The second kappa shape index (κ2) is 18.4. The van der Waals surface area contributed by atoms with Gasteiger partial charge in [-0.25, -0.2) is 0 Å². The van der Waals surface area contributed by atoms with Crippen LogP contribution in [0, 0.1) is 0 Å². The minimum Gasteiger partial charge on any atom is -0.383 e. The Morgan fingerprint density at radius 1 is 0.619 bits per heavy atom. The van der Waals surface area contributed by atoms with E-state index < -0.39 is 0 Å². The van der Waals surface area contributed by atoms with E-state index in [0.29, 0.717) is 0 Å². The zero-order valence-corrected chi connectivity index (χ0v) is 15.6. The van der Waals surface area contributed by atoms with Crippen LogP contribution in [0.3, 0.4) is 0 Å². The first-order chi connectivity index (χ1) is 10.3. The Kier molecular flexibility index (Phi) is 18.6. The summed E-state index contributed by atoms with van der Waals surface area (Å²) in [5, 5.41) is 9.13. The second-order valence-corrected chi connectivity index (χ2v) is 7.84. The van der Waals surface area contributed by atoms with E-state index in [-0.39, 0.29) is 5.44 Å². The van der Waals surface area contributed by atoms with Crippen LogP contribution in [-0.4, -0.2) is 16.3 Å². The van der Waals surface area contributed by atoms with Crippen LogP contribution in [0.15, 0.2) is 0 Å². The molecule has 1 N–H and O–H groups in total. The lowest BCUT2D eigenvalue weighted by Gasteiger charge is -2.04. The molecule has 21 heavy (non-hydrogen) atoms. The summed E-state index contributed by atoms with van der Waals surface area (Å²) in [4.78, 5) is 0. The molecule has 0 radical (unpaired) electrons. The van der Waals surface area contributed by atoms with Gasteiger partial charge in [-0.05, 0) is 19.1 Å². The third kappa shape index (κ3) is 20.3. The van der Waals surface area contributed by atoms with Crippen molar-refractivity contribution in [2.45, 2.75) is 116 Å². The van der Waals surface area contributed by atoms with E-state index in [0.717, 1.165) is 5.75 Å². The number of rotatable bonds is 17. The van der Waals surface area contributed by atoms with Crippen molar-refractivity contribution in [3.8, 4) is 0 Å². The van der Waals surface area contributed by atoms with Gasteiger partial charge in [-0.3, -0.25) is 0 Å². The Hall–Kier alpha value is 0.310. The van der Waals surface area contributed by atoms with Crippen molar-refractivity contribution in [1.29, 1.82) is 0 Å². The third-order valence-corrected chi connectivity index (χ3v) is 5.11. The van der Waals surface area contributed by atoms with E-state index in [9.17, 15) is 0 Å². The molecule has 0 aliphatic carbocycles. The molecule has 0 aliphatic heterocycles. The maximum atomic E-state index is 9.13. The molecule has 0 aliphatic rings. The standard InChI is InChI=1S/C19H40OS/c1-3-4-5-6-7-8-9-10-11-12-13-14-15-16-17-18-21-19(2)20/h19-20H,3-18H2,1-2H3. The fourth-order valence-corrected chi connectivity index (χ4v) is 3.44. The predicted molar refractivity (Wildman–Crippen MR) is 99.1 cm³/mol. The quantitative estimate of drug-likeness (QED) is 0.232. The van der Waals surface area contributed by atoms with Crippen molar-refractivity contribution in [3.05, 3.63) is 0 Å². The van der Waals surface area contributed by atoms with Crippen molar-refractivity contribution < 1.29 is 5.11 Å². The van der Waals surface area contributed by atoms with Crippen molar-refractivity contribution in [2.24, 2.45) is 0 Å². The third-order valence-electron chi connectivity index (χ3n) is 4.11. The molecule has 2 heteroatoms. The molecule has 0 spiro atoms. The highest BCUT2D eigenvalue weighted by Gasteiger charge is 1.96. The molecule has 0 amide bonds. The summed E-state index contributed by atoms with van der Waals surface area (Å²) in [5.41, 5.74) is -0.184. The number of aliphatic hydroxyl groups excluding tert-OH is 1. The monoisotopic (exact) mass is 316 g/mol. The van der Waals surface area contributed by atoms with Crippen LogP contribution in [-0.2, 0) is 0 Å². The van der Waals surface area contributed by atoms with Crippen LogP contribution in [0.1, 0.15) is 110 Å². The first kappa shape index (κ1) is 21.3. The van der Waals surface area contributed by atoms with Crippen LogP contribution >= 0.6 is 11.8 Å². The van der Waals surface area contributed by atoms with E-state index in [1.54, 1.807) is 11.8 Å². The molecule has 1 atom stereocenters. The maximum Gasteiger partial charge on any atom is 0.0964 e. The highest BCUT2D eigenvalue weighted by atomic mass is 32.2. The topological polar surface area (TPSA) is 20.2 Å². The van der Waals surface area contributed by atoms with Crippen molar-refractivity contribution in [1.82, 2.24) is 0 Å². The fourth-order valence-electron chi connectivity index (χ4n) is 2.73. The Morgan fingerprint density at radius 3 is 1.29 bits per heavy atom. The average molecular weight is 317 g/mol. The molecule has 0 aromatic rings. The lowest BCUT2D eigenvalue weighted by Crippen LogP contribution is -1.93. The van der Waals surface area contributed by atoms with Crippen LogP contribution in [0.25, 0.3) is 0 Å². The molecule has 0 bridgehead atoms. The number of hydrogen-bond acceptors (Lipinski definition) is 2. The Morgan fingerprint density at radius 2 is 0.952 bits per heavy atom. The van der Waals surface area contributed by atoms with Crippen LogP contribution < -0.4 is 0 Å². The van der Waals surface area contributed by atoms with Gasteiger partial charge in [0.15, 0.2) is 0 Å². The molecule has 0 aromatic heterocycles. The molecule has 128 valence electrons. The van der Waals surface area contributed by atoms with E-state index in [2.05, 4.69) is 6.92 Å². The molecule has 0 saturated carbocycles. The zero-order valence-electron chi connectivity index (χ0n) is 14.7. The smallest absolute Gasteiger partial charge is 0.0964 e. The first-order valence-electron chi connectivity index (χ1n) is 9.57. The average Bonchev–Trinajstić information content (AvgIpc) is 2.46. The summed E-state index contributed by atoms with van der Waals surface area (Å²) in [6, 6.07) is 0. The molecule has 0 saturated heterocycles. The SMILES string of the molecule is CCCCCCCCCCCCCCCCCSC(C)O. The number of unbranched alkanes of at least 4 members (excludes halogenated alkanes) is 14. The summed E-state index contributed by atoms with van der Waals surface area (Å²) < 4.78 is 0. The van der Waals surface area contributed by atoms with Gasteiger partial charge in [-0.15, -0.1) is 11.8 Å². The maximum absolute atomic E-state index is 9.13. The molecular formula is C19H40OS. The predicted octanol–water partition coefficient (Wildman–Crippen LogP) is 6.93. The van der Waals surface area contributed by atoms with Gasteiger partial charge in [0.2, 0.25) is 0 Å². The number of thioether (sulfide) groups is 1. The molecule has 0 rings (SSSR count). The van der Waals surface area contributed by atoms with E-state index in [1.165, 1.54) is 96.3 Å². The molecule has 1 unspecified atom stereocenters. The first-order valence-corrected chi connectivity index (χ1v) is 10.6. The summed E-state index contributed by atoms with van der Waals surface area (Å²) in [6.45, 7) is 4.14. The minimum atomic E-state index is -0.184. The molecule has 0 heterocycles. The van der Waals surface area contributed by atoms with Gasteiger partial charge in [0.1, 0.15) is 0 Å². The van der Waals surface area contributed by atoms with Crippen LogP contribution in [0.2, 0.25) is 0 Å². The molecule has 1 nitrogen and oxygen atoms in total. The second-order valence-electron chi connectivity index (χ2n) is 6.42. The Balaban J connectivity index is 2.93. The van der Waals surface area contributed by atoms with Crippen molar-refractivity contribution in [3.63, 3.8) is 0 Å². The molecule has 0 fully saturated rings. The van der Waals surface area contributed by atoms with Gasteiger partial charge in [0, 0.05) is 0 Å².